The monoisotopic (exact) mass is 844 g/mol. The van der Waals surface area contributed by atoms with E-state index >= 15 is 0 Å². The van der Waals surface area contributed by atoms with E-state index < -0.39 is 41.9 Å². The molecule has 16 heteroatoms. The first-order valence-corrected chi connectivity index (χ1v) is 21.8. The number of benzene rings is 5. The van der Waals surface area contributed by atoms with Crippen molar-refractivity contribution < 1.29 is 45.2 Å². The first-order valence-electron chi connectivity index (χ1n) is 18.9. The first kappa shape index (κ1) is 44.3. The fourth-order valence-corrected chi connectivity index (χ4v) is 8.72. The van der Waals surface area contributed by atoms with Gasteiger partial charge in [-0.05, 0) is 115 Å². The summed E-state index contributed by atoms with van der Waals surface area (Å²) in [7, 11) is -10.1. The molecule has 0 amide bonds. The van der Waals surface area contributed by atoms with Crippen LogP contribution in [0.15, 0.2) is 88.7 Å². The normalized spacial score (nSPS) is 12.1. The molecular weight excluding hydrogens is 797 g/mol. The van der Waals surface area contributed by atoms with Crippen molar-refractivity contribution in [2.45, 2.75) is 82.9 Å². The van der Waals surface area contributed by atoms with Crippen molar-refractivity contribution in [1.29, 1.82) is 0 Å². The van der Waals surface area contributed by atoms with Gasteiger partial charge in [-0.2, -0.15) is 22.7 Å². The summed E-state index contributed by atoms with van der Waals surface area (Å²) in [4.78, 5) is 33.0. The van der Waals surface area contributed by atoms with Gasteiger partial charge in [0.15, 0.2) is 0 Å². The summed E-state index contributed by atoms with van der Waals surface area (Å²) in [6.45, 7) is 12.3. The largest absolute Gasteiger partial charge is 0.370 e. The highest BCUT2D eigenvalue weighted by atomic mass is 32.2. The van der Waals surface area contributed by atoms with Crippen LogP contribution in [-0.2, 0) is 60.4 Å². The standard InChI is InChI=1S/C43H48N4O10S2/c1-7-27-17-25(5)18-28(8-2)41(27)45-36-15-11-31(21-35(36)43(49)57-44)40(34-14-13-33(58(50,51)52)23-39(34)59(53,54)55)32-12-16-37(38(22-32)47-56-24-48)46-42-29(9-3)19-26(6)20-30(42)10-4/h11-24,40,45-47H,7-10,44H2,1-6H3,(H,50,51,52)(H,53,54,55). The van der Waals surface area contributed by atoms with Gasteiger partial charge in [0, 0.05) is 17.3 Å². The zero-order chi connectivity index (χ0) is 43.2. The molecule has 0 saturated heterocycles. The Morgan fingerprint density at radius 1 is 0.678 bits per heavy atom. The lowest BCUT2D eigenvalue weighted by Gasteiger charge is -2.25. The van der Waals surface area contributed by atoms with E-state index in [0.29, 0.717) is 48.7 Å². The molecule has 0 radical (unpaired) electrons. The molecule has 59 heavy (non-hydrogen) atoms. The van der Waals surface area contributed by atoms with Crippen molar-refractivity contribution in [2.24, 2.45) is 5.90 Å². The van der Waals surface area contributed by atoms with Crippen LogP contribution in [0.2, 0.25) is 0 Å². The lowest BCUT2D eigenvalue weighted by Crippen LogP contribution is -2.16. The number of carbonyl (C=O) groups excluding carboxylic acids is 2. The number of hydrogen-bond donors (Lipinski definition) is 6. The van der Waals surface area contributed by atoms with Gasteiger partial charge in [0.25, 0.3) is 20.2 Å². The van der Waals surface area contributed by atoms with E-state index in [0.717, 1.165) is 56.9 Å². The van der Waals surface area contributed by atoms with Gasteiger partial charge in [-0.3, -0.25) is 13.9 Å². The van der Waals surface area contributed by atoms with Crippen LogP contribution < -0.4 is 22.0 Å². The summed E-state index contributed by atoms with van der Waals surface area (Å²) in [5.41, 5.74) is 12.0. The zero-order valence-electron chi connectivity index (χ0n) is 33.5. The maximum atomic E-state index is 13.4. The van der Waals surface area contributed by atoms with E-state index in [1.807, 2.05) is 53.7 Å². The molecule has 0 aliphatic heterocycles. The molecule has 7 N–H and O–H groups in total. The van der Waals surface area contributed by atoms with E-state index in [1.165, 1.54) is 6.07 Å². The fraction of sp³-hybridized carbons (Fsp3) is 0.256. The molecule has 5 aromatic carbocycles. The Labute approximate surface area is 344 Å². The molecule has 0 bridgehead atoms. The van der Waals surface area contributed by atoms with Crippen molar-refractivity contribution in [3.8, 4) is 0 Å². The molecule has 1 unspecified atom stereocenters. The zero-order valence-corrected chi connectivity index (χ0v) is 35.2. The number of aryl methyl sites for hydroxylation is 6. The summed E-state index contributed by atoms with van der Waals surface area (Å²) < 4.78 is 70.8. The SMILES string of the molecule is CCc1cc(C)cc(CC)c1Nc1ccc(C(c2ccc(Nc3c(CC)cc(C)cc3CC)c(C(=O)ON)c2)c2ccc(S(=O)(=O)O)cc2S(=O)(=O)O)cc1NOC=O. The highest BCUT2D eigenvalue weighted by molar-refractivity contribution is 7.86. The number of nitrogens with one attached hydrogen (secondary N) is 3. The van der Waals surface area contributed by atoms with Crippen LogP contribution in [0.1, 0.15) is 94.0 Å². The Kier molecular flexibility index (Phi) is 13.8. The number of hydrogen-bond acceptors (Lipinski definition) is 12. The molecule has 0 aromatic heterocycles. The van der Waals surface area contributed by atoms with Gasteiger partial charge in [-0.1, -0.05) is 81.3 Å². The van der Waals surface area contributed by atoms with Crippen LogP contribution in [0.25, 0.3) is 0 Å². The molecule has 0 saturated carbocycles. The molecule has 0 fully saturated rings. The third-order valence-electron chi connectivity index (χ3n) is 10.1. The molecule has 312 valence electrons. The fourth-order valence-electron chi connectivity index (χ4n) is 7.38. The number of rotatable bonds is 17. The van der Waals surface area contributed by atoms with Gasteiger partial charge >= 0.3 is 12.4 Å². The second-order valence-corrected chi connectivity index (χ2v) is 16.8. The molecule has 0 aliphatic carbocycles. The second-order valence-electron chi connectivity index (χ2n) is 14.0. The van der Waals surface area contributed by atoms with E-state index in [4.69, 9.17) is 15.6 Å². The third-order valence-corrected chi connectivity index (χ3v) is 11.9. The Balaban J connectivity index is 1.80. The minimum Gasteiger partial charge on any atom is -0.370 e. The lowest BCUT2D eigenvalue weighted by atomic mass is 9.83. The third kappa shape index (κ3) is 9.92. The summed E-state index contributed by atoms with van der Waals surface area (Å²) in [6, 6.07) is 20.6. The maximum Gasteiger partial charge on any atom is 0.358 e. The van der Waals surface area contributed by atoms with Crippen LogP contribution in [0.4, 0.5) is 28.4 Å². The Bertz CT molecular complexity index is 2580. The van der Waals surface area contributed by atoms with Gasteiger partial charge < -0.3 is 20.3 Å². The van der Waals surface area contributed by atoms with Crippen LogP contribution >= 0.6 is 0 Å². The first-order chi connectivity index (χ1) is 28.0. The predicted molar refractivity (Wildman–Crippen MR) is 227 cm³/mol. The summed E-state index contributed by atoms with van der Waals surface area (Å²) in [6.07, 6.45) is 2.80. The minimum absolute atomic E-state index is 0.0258. The summed E-state index contributed by atoms with van der Waals surface area (Å²) in [5, 5.41) is 6.86. The molecule has 5 rings (SSSR count). The van der Waals surface area contributed by atoms with Gasteiger partial charge in [-0.25, -0.2) is 10.3 Å². The molecule has 0 heterocycles. The van der Waals surface area contributed by atoms with Crippen LogP contribution in [0.3, 0.4) is 0 Å². The van der Waals surface area contributed by atoms with E-state index in [-0.39, 0.29) is 28.8 Å². The van der Waals surface area contributed by atoms with Gasteiger partial charge in [-0.15, -0.1) is 0 Å². The topological polar surface area (TPSA) is 223 Å². The average Bonchev–Trinajstić information content (AvgIpc) is 3.20. The van der Waals surface area contributed by atoms with Crippen molar-refractivity contribution in [2.75, 3.05) is 16.1 Å². The molecule has 0 aliphatic rings. The van der Waals surface area contributed by atoms with Crippen LogP contribution in [0.5, 0.6) is 0 Å². The Morgan fingerprint density at radius 2 is 1.17 bits per heavy atom. The second kappa shape index (κ2) is 18.4. The van der Waals surface area contributed by atoms with Crippen molar-refractivity contribution >= 4 is 61.1 Å². The van der Waals surface area contributed by atoms with Crippen LogP contribution in [0, 0.1) is 13.8 Å². The molecule has 1 atom stereocenters. The van der Waals surface area contributed by atoms with Gasteiger partial charge in [0.05, 0.1) is 32.4 Å². The quantitative estimate of drug-likeness (QED) is 0.0225. The highest BCUT2D eigenvalue weighted by Gasteiger charge is 2.30. The van der Waals surface area contributed by atoms with Crippen molar-refractivity contribution in [1.82, 2.24) is 0 Å². The van der Waals surface area contributed by atoms with E-state index in [9.17, 15) is 35.5 Å². The van der Waals surface area contributed by atoms with Gasteiger partial charge in [0.1, 0.15) is 0 Å². The average molecular weight is 845 g/mol. The number of carbonyl (C=O) groups is 2. The minimum atomic E-state index is -5.17. The summed E-state index contributed by atoms with van der Waals surface area (Å²) >= 11 is 0. The Morgan fingerprint density at radius 3 is 1.63 bits per heavy atom. The highest BCUT2D eigenvalue weighted by Crippen LogP contribution is 2.42. The van der Waals surface area contributed by atoms with E-state index in [1.54, 1.807) is 30.3 Å². The van der Waals surface area contributed by atoms with E-state index in [2.05, 4.69) is 28.2 Å². The Hall–Kier alpha value is -5.78. The predicted octanol–water partition coefficient (Wildman–Crippen LogP) is 8.24. The lowest BCUT2D eigenvalue weighted by molar-refractivity contribution is -0.126. The summed E-state index contributed by atoms with van der Waals surface area (Å²) in [5.74, 6) is 3.35. The number of nitrogens with two attached hydrogens (primary N) is 1. The smallest absolute Gasteiger partial charge is 0.358 e. The van der Waals surface area contributed by atoms with Crippen LogP contribution in [-0.4, -0.2) is 38.4 Å². The van der Waals surface area contributed by atoms with Crippen molar-refractivity contribution in [3.63, 3.8) is 0 Å². The molecule has 14 nitrogen and oxygen atoms in total. The molecule has 5 aromatic rings. The molecule has 0 spiro atoms. The van der Waals surface area contributed by atoms with Gasteiger partial charge in [0.2, 0.25) is 0 Å². The number of anilines is 5. The van der Waals surface area contributed by atoms with Crippen molar-refractivity contribution in [3.05, 3.63) is 134 Å². The maximum absolute atomic E-state index is 13.4. The molecular formula is C43H48N4O10S2.